The van der Waals surface area contributed by atoms with Crippen LogP contribution in [0.25, 0.3) is 0 Å². The first-order valence-electron chi connectivity index (χ1n) is 9.98. The van der Waals surface area contributed by atoms with Crippen LogP contribution in [0.2, 0.25) is 0 Å². The summed E-state index contributed by atoms with van der Waals surface area (Å²) in [5.41, 5.74) is -0.275. The highest BCUT2D eigenvalue weighted by atomic mass is 32.2. The minimum absolute atomic E-state index is 0.0496. The first-order valence-corrected chi connectivity index (χ1v) is 11.4. The minimum Gasteiger partial charge on any atom is -0.497 e. The third-order valence-corrected chi connectivity index (χ3v) is 6.34. The fourth-order valence-corrected chi connectivity index (χ4v) is 4.99. The lowest BCUT2D eigenvalue weighted by molar-refractivity contribution is -0.138. The second-order valence-corrected chi connectivity index (χ2v) is 8.70. The normalized spacial score (nSPS) is 13.1. The van der Waals surface area contributed by atoms with E-state index in [9.17, 15) is 22.9 Å². The highest BCUT2D eigenvalue weighted by molar-refractivity contribution is 7.87. The van der Waals surface area contributed by atoms with Crippen molar-refractivity contribution in [3.63, 3.8) is 0 Å². The van der Waals surface area contributed by atoms with Crippen LogP contribution in [-0.4, -0.2) is 38.3 Å². The van der Waals surface area contributed by atoms with Gasteiger partial charge in [0.05, 0.1) is 26.3 Å². The summed E-state index contributed by atoms with van der Waals surface area (Å²) in [7, 11) is -2.25. The Morgan fingerprint density at radius 3 is 2.06 bits per heavy atom. The van der Waals surface area contributed by atoms with E-state index in [0.29, 0.717) is 21.2 Å². The van der Waals surface area contributed by atoms with Crippen LogP contribution in [0.1, 0.15) is 23.1 Å². The second kappa shape index (κ2) is 9.51. The molecule has 33 heavy (non-hydrogen) atoms. The molecular weight excluding hydrogens is 446 g/mol. The van der Waals surface area contributed by atoms with E-state index in [1.54, 1.807) is 54.6 Å². The van der Waals surface area contributed by atoms with Gasteiger partial charge in [0.25, 0.3) is 0 Å². The lowest BCUT2D eigenvalue weighted by Crippen LogP contribution is -2.52. The van der Waals surface area contributed by atoms with Gasteiger partial charge >= 0.3 is 16.3 Å². The van der Waals surface area contributed by atoms with Crippen LogP contribution in [0.15, 0.2) is 72.8 Å². The van der Waals surface area contributed by atoms with Crippen molar-refractivity contribution in [3.05, 3.63) is 89.5 Å². The molecule has 0 heterocycles. The lowest BCUT2D eigenvalue weighted by Gasteiger charge is -2.43. The molecule has 0 aliphatic rings. The van der Waals surface area contributed by atoms with Gasteiger partial charge in [0.15, 0.2) is 0 Å². The monoisotopic (exact) mass is 471 g/mol. The van der Waals surface area contributed by atoms with Gasteiger partial charge in [-0.25, -0.2) is 4.31 Å². The van der Waals surface area contributed by atoms with E-state index in [4.69, 9.17) is 9.47 Å². The molecule has 3 rings (SSSR count). The van der Waals surface area contributed by atoms with Crippen LogP contribution in [-0.2, 0) is 20.6 Å². The number of carboxylic acid groups (broad SMARTS) is 1. The maximum absolute atomic E-state index is 13.0. The molecule has 0 fully saturated rings. The number of nitrogens with zero attached hydrogens (tertiary/aromatic N) is 1. The summed E-state index contributed by atoms with van der Waals surface area (Å²) in [6.07, 6.45) is -0.672. The molecular formula is C24H25NO7S. The molecule has 9 heteroatoms. The Morgan fingerprint density at radius 1 is 0.939 bits per heavy atom. The molecule has 3 aromatic carbocycles. The van der Waals surface area contributed by atoms with Crippen molar-refractivity contribution in [1.29, 1.82) is 0 Å². The molecule has 0 saturated heterocycles. The van der Waals surface area contributed by atoms with Crippen molar-refractivity contribution >= 4 is 22.0 Å². The minimum atomic E-state index is -5.03. The van der Waals surface area contributed by atoms with Crippen LogP contribution < -0.4 is 13.8 Å². The number of aliphatic carboxylic acids is 1. The van der Waals surface area contributed by atoms with Crippen molar-refractivity contribution in [2.75, 3.05) is 18.5 Å². The number of ether oxygens (including phenoxy) is 2. The molecule has 0 aromatic heterocycles. The molecule has 8 nitrogen and oxygen atoms in total. The summed E-state index contributed by atoms with van der Waals surface area (Å²) >= 11 is 0. The van der Waals surface area contributed by atoms with E-state index in [1.807, 2.05) is 6.92 Å². The molecule has 174 valence electrons. The van der Waals surface area contributed by atoms with E-state index in [0.717, 1.165) is 5.56 Å². The molecule has 0 bridgehead atoms. The maximum atomic E-state index is 13.0. The molecule has 3 aromatic rings. The number of hydrogen-bond donors (Lipinski definition) is 2. The van der Waals surface area contributed by atoms with Crippen LogP contribution >= 0.6 is 0 Å². The van der Waals surface area contributed by atoms with Crippen molar-refractivity contribution in [2.45, 2.75) is 18.9 Å². The summed E-state index contributed by atoms with van der Waals surface area (Å²) in [6, 6.07) is 19.5. The number of hydrogen-bond acceptors (Lipinski definition) is 5. The Bertz CT molecular complexity index is 1230. The molecule has 0 saturated carbocycles. The van der Waals surface area contributed by atoms with Gasteiger partial charge in [-0.2, -0.15) is 8.42 Å². The van der Waals surface area contributed by atoms with Gasteiger partial charge in [0, 0.05) is 6.07 Å². The molecule has 0 aliphatic heterocycles. The number of anilines is 1. The number of carboxylic acids is 1. The molecule has 1 atom stereocenters. The average Bonchev–Trinajstić information content (AvgIpc) is 2.78. The van der Waals surface area contributed by atoms with E-state index in [1.165, 1.54) is 32.4 Å². The molecule has 0 spiro atoms. The fraction of sp³-hybridized carbons (Fsp3) is 0.208. The first-order chi connectivity index (χ1) is 15.6. The summed E-state index contributed by atoms with van der Waals surface area (Å²) in [5.74, 6) is -0.796. The largest absolute Gasteiger partial charge is 0.497 e. The Balaban J connectivity index is 2.49. The number of aryl methyl sites for hydroxylation is 1. The second-order valence-electron chi connectivity index (χ2n) is 7.44. The summed E-state index contributed by atoms with van der Waals surface area (Å²) in [5, 5.41) is 9.94. The quantitative estimate of drug-likeness (QED) is 0.453. The van der Waals surface area contributed by atoms with Crippen LogP contribution in [0.3, 0.4) is 0 Å². The van der Waals surface area contributed by atoms with E-state index >= 15 is 0 Å². The standard InChI is InChI=1S/C24H25NO7S/c1-17-9-11-19(12-10-17)24(16-23(26)27,18-7-5-4-6-8-18)25(33(28,29)30)21-14-13-20(31-2)15-22(21)32-3/h4-15H,16H2,1-3H3,(H,26,27)(H,28,29,30). The van der Waals surface area contributed by atoms with Crippen molar-refractivity contribution in [1.82, 2.24) is 0 Å². The first kappa shape index (κ1) is 24.1. The Morgan fingerprint density at radius 2 is 1.55 bits per heavy atom. The average molecular weight is 472 g/mol. The van der Waals surface area contributed by atoms with Gasteiger partial charge in [-0.15, -0.1) is 0 Å². The molecule has 0 amide bonds. The Labute approximate surface area is 192 Å². The van der Waals surface area contributed by atoms with Crippen LogP contribution in [0.4, 0.5) is 5.69 Å². The summed E-state index contributed by atoms with van der Waals surface area (Å²) in [4.78, 5) is 12.2. The lowest BCUT2D eigenvalue weighted by atomic mass is 9.79. The Kier molecular flexibility index (Phi) is 6.95. The number of methoxy groups -OCH3 is 2. The predicted molar refractivity (Wildman–Crippen MR) is 124 cm³/mol. The van der Waals surface area contributed by atoms with Gasteiger partial charge < -0.3 is 14.6 Å². The molecule has 2 N–H and O–H groups in total. The van der Waals surface area contributed by atoms with Gasteiger partial charge in [-0.1, -0.05) is 60.2 Å². The Hall–Kier alpha value is -3.56. The van der Waals surface area contributed by atoms with Gasteiger partial charge in [-0.3, -0.25) is 9.35 Å². The zero-order valence-corrected chi connectivity index (χ0v) is 19.2. The highest BCUT2D eigenvalue weighted by Gasteiger charge is 2.49. The van der Waals surface area contributed by atoms with E-state index in [2.05, 4.69) is 0 Å². The third-order valence-electron chi connectivity index (χ3n) is 5.37. The molecule has 0 aliphatic carbocycles. The van der Waals surface area contributed by atoms with Crippen LogP contribution in [0.5, 0.6) is 11.5 Å². The zero-order valence-electron chi connectivity index (χ0n) is 18.4. The topological polar surface area (TPSA) is 113 Å². The molecule has 1 unspecified atom stereocenters. The summed E-state index contributed by atoms with van der Waals surface area (Å²) < 4.78 is 47.8. The predicted octanol–water partition coefficient (Wildman–Crippen LogP) is 4.04. The number of rotatable bonds is 9. The third kappa shape index (κ3) is 4.79. The number of benzene rings is 3. The molecule has 0 radical (unpaired) electrons. The summed E-state index contributed by atoms with van der Waals surface area (Å²) in [6.45, 7) is 1.86. The fourth-order valence-electron chi connectivity index (χ4n) is 3.92. The highest BCUT2D eigenvalue weighted by Crippen LogP contribution is 2.47. The van der Waals surface area contributed by atoms with E-state index < -0.39 is 28.2 Å². The van der Waals surface area contributed by atoms with Gasteiger partial charge in [0.1, 0.15) is 17.0 Å². The van der Waals surface area contributed by atoms with Crippen molar-refractivity contribution in [3.8, 4) is 11.5 Å². The zero-order chi connectivity index (χ0) is 24.2. The maximum Gasteiger partial charge on any atom is 0.361 e. The number of carbonyl (C=O) groups is 1. The van der Waals surface area contributed by atoms with Gasteiger partial charge in [0.2, 0.25) is 0 Å². The van der Waals surface area contributed by atoms with E-state index in [-0.39, 0.29) is 11.4 Å². The smallest absolute Gasteiger partial charge is 0.361 e. The SMILES string of the molecule is COc1ccc(N(C(CC(=O)O)(c2ccccc2)c2ccc(C)cc2)S(=O)(=O)O)c(OC)c1. The van der Waals surface area contributed by atoms with Crippen LogP contribution in [0, 0.1) is 6.92 Å². The van der Waals surface area contributed by atoms with Crippen molar-refractivity contribution < 1.29 is 32.3 Å². The van der Waals surface area contributed by atoms with Gasteiger partial charge in [-0.05, 0) is 30.2 Å². The van der Waals surface area contributed by atoms with Crippen molar-refractivity contribution in [2.24, 2.45) is 0 Å².